The van der Waals surface area contributed by atoms with Gasteiger partial charge in [-0.1, -0.05) is 63.2 Å². The summed E-state index contributed by atoms with van der Waals surface area (Å²) in [6, 6.07) is 20.5. The van der Waals surface area contributed by atoms with Gasteiger partial charge in [0.1, 0.15) is 41.6 Å². The van der Waals surface area contributed by atoms with Gasteiger partial charge in [-0.25, -0.2) is 19.6 Å². The third-order valence-corrected chi connectivity index (χ3v) is 14.4. The van der Waals surface area contributed by atoms with Crippen molar-refractivity contribution in [3.8, 4) is 39.5 Å². The highest BCUT2D eigenvalue weighted by molar-refractivity contribution is 5.93. The molecule has 1 saturated carbocycles. The van der Waals surface area contributed by atoms with E-state index in [-0.39, 0.29) is 42.2 Å². The number of methoxy groups -OCH3 is 2. The van der Waals surface area contributed by atoms with Crippen LogP contribution in [0.5, 0.6) is 5.75 Å². The number of carbonyl (C=O) groups is 4. The molecule has 6 atom stereocenters. The molecule has 2 saturated heterocycles. The van der Waals surface area contributed by atoms with Crippen molar-refractivity contribution in [1.29, 1.82) is 0 Å². The van der Waals surface area contributed by atoms with Gasteiger partial charge in [0.2, 0.25) is 18.0 Å². The summed E-state index contributed by atoms with van der Waals surface area (Å²) >= 11 is 0. The van der Waals surface area contributed by atoms with Gasteiger partial charge in [0, 0.05) is 40.7 Å². The molecule has 18 heteroatoms. The Bertz CT molecular complexity index is 2990. The van der Waals surface area contributed by atoms with E-state index in [1.54, 1.807) is 17.3 Å². The number of rotatable bonds is 13. The van der Waals surface area contributed by atoms with Gasteiger partial charge in [-0.3, -0.25) is 9.59 Å². The lowest BCUT2D eigenvalue weighted by atomic mass is 10.0. The van der Waals surface area contributed by atoms with Crippen LogP contribution in [-0.4, -0.2) is 97.7 Å². The average molecular weight is 937 g/mol. The first kappa shape index (κ1) is 45.3. The molecule has 358 valence electrons. The van der Waals surface area contributed by atoms with E-state index in [1.165, 1.54) is 14.2 Å². The lowest BCUT2D eigenvalue weighted by Crippen LogP contribution is -2.53. The fourth-order valence-corrected chi connectivity index (χ4v) is 10.8. The van der Waals surface area contributed by atoms with Crippen LogP contribution in [0.2, 0.25) is 0 Å². The molecule has 1 aliphatic carbocycles. The van der Waals surface area contributed by atoms with Crippen molar-refractivity contribution >= 4 is 34.9 Å². The van der Waals surface area contributed by atoms with E-state index in [1.807, 2.05) is 75.1 Å². The first-order valence-corrected chi connectivity index (χ1v) is 23.6. The van der Waals surface area contributed by atoms with Crippen LogP contribution >= 0.6 is 0 Å². The van der Waals surface area contributed by atoms with E-state index in [0.717, 1.165) is 81.5 Å². The largest absolute Gasteiger partial charge is 0.465 e. The zero-order chi connectivity index (χ0) is 48.3. The molecule has 6 aromatic rings. The number of likely N-dealkylation sites (tertiary alicyclic amines) is 2. The average Bonchev–Trinajstić information content (AvgIpc) is 4.06. The van der Waals surface area contributed by atoms with Crippen molar-refractivity contribution in [2.45, 2.75) is 89.8 Å². The van der Waals surface area contributed by atoms with E-state index in [4.69, 9.17) is 24.2 Å². The Labute approximate surface area is 398 Å². The predicted octanol–water partition coefficient (Wildman–Crippen LogP) is 8.17. The van der Waals surface area contributed by atoms with Gasteiger partial charge in [-0.2, -0.15) is 4.91 Å². The number of fused-ring (bicyclic) bond motifs is 6. The summed E-state index contributed by atoms with van der Waals surface area (Å²) in [5.74, 6) is 1.70. The van der Waals surface area contributed by atoms with Gasteiger partial charge in [-0.05, 0) is 85.4 Å². The molecule has 6 heterocycles. The standard InChI is InChI=1S/C51H56N10O8/c1-27(2)42(57-49(64)67-5)45(62)59-17-8-11-39(59)44-52-25-36(55-44)30-13-15-38-33(20-30)21-40-35-14-12-31(22-41(35)69-47(61(38)40)32-10-7-9-29(19-32)24-54-66)37-26-53-48(56-37)51-23-34(51)16-18-60(51)46(63)43(28(3)4)58-50(65)68-6/h7,9-10,12-15,19-22,25-28,34,39,42-43,47H,8,11,16-18,23-24H2,1-6H3,(H,52,55)(H,53,56)(H,57,64)(H,58,65)/t34?,39-,42-,43-,47?,51-/m0/s1. The molecule has 0 bridgehead atoms. The van der Waals surface area contributed by atoms with Crippen LogP contribution in [0.3, 0.4) is 0 Å². The Morgan fingerprint density at radius 3 is 2.28 bits per heavy atom. The smallest absolute Gasteiger partial charge is 0.407 e. The number of carbonyl (C=O) groups excluding carboxylic acids is 4. The number of H-pyrrole nitrogens is 2. The molecule has 69 heavy (non-hydrogen) atoms. The Morgan fingerprint density at radius 1 is 0.841 bits per heavy atom. The topological polar surface area (TPSA) is 218 Å². The summed E-state index contributed by atoms with van der Waals surface area (Å²) in [5, 5.41) is 9.57. The number of hydrogen-bond donors (Lipinski definition) is 4. The molecule has 4 amide bonds. The third kappa shape index (κ3) is 7.94. The van der Waals surface area contributed by atoms with Crippen LogP contribution in [0.15, 0.2) is 84.3 Å². The number of piperidine rings is 1. The summed E-state index contributed by atoms with van der Waals surface area (Å²) in [6.07, 6.45) is 4.89. The normalized spacial score (nSPS) is 21.0. The third-order valence-electron chi connectivity index (χ3n) is 14.4. The van der Waals surface area contributed by atoms with Gasteiger partial charge in [-0.15, -0.1) is 0 Å². The quantitative estimate of drug-likeness (QED) is 0.0814. The molecule has 3 fully saturated rings. The predicted molar refractivity (Wildman–Crippen MR) is 255 cm³/mol. The Morgan fingerprint density at radius 2 is 1.55 bits per heavy atom. The number of aromatic nitrogens is 5. The zero-order valence-corrected chi connectivity index (χ0v) is 39.4. The number of benzene rings is 3. The Kier molecular flexibility index (Phi) is 11.7. The molecule has 3 aliphatic heterocycles. The second-order valence-electron chi connectivity index (χ2n) is 19.2. The van der Waals surface area contributed by atoms with Crippen LogP contribution in [0.1, 0.15) is 88.4 Å². The molecule has 0 radical (unpaired) electrons. The maximum Gasteiger partial charge on any atom is 0.407 e. The molecule has 4 aliphatic rings. The number of nitrogens with one attached hydrogen (secondary N) is 4. The van der Waals surface area contributed by atoms with Gasteiger partial charge in [0.15, 0.2) is 0 Å². The fraction of sp³-hybridized carbons (Fsp3) is 0.412. The number of amides is 4. The maximum absolute atomic E-state index is 14.0. The van der Waals surface area contributed by atoms with Crippen molar-refractivity contribution in [3.05, 3.63) is 107 Å². The molecule has 0 spiro atoms. The highest BCUT2D eigenvalue weighted by atomic mass is 16.5. The van der Waals surface area contributed by atoms with Crippen LogP contribution in [-0.2, 0) is 31.1 Å². The number of nitroso groups, excluding NO2 is 1. The highest BCUT2D eigenvalue weighted by Crippen LogP contribution is 2.62. The van der Waals surface area contributed by atoms with Crippen LogP contribution < -0.4 is 15.4 Å². The molecular formula is C51H56N10O8. The van der Waals surface area contributed by atoms with Crippen molar-refractivity contribution in [2.24, 2.45) is 22.9 Å². The van der Waals surface area contributed by atoms with Gasteiger partial charge >= 0.3 is 12.2 Å². The maximum atomic E-state index is 14.0. The summed E-state index contributed by atoms with van der Waals surface area (Å²) in [4.78, 5) is 84.0. The minimum absolute atomic E-state index is 0.0268. The van der Waals surface area contributed by atoms with Gasteiger partial charge in [0.05, 0.1) is 55.3 Å². The summed E-state index contributed by atoms with van der Waals surface area (Å²) in [7, 11) is 2.57. The molecule has 10 rings (SSSR count). The number of nitrogens with zero attached hydrogens (tertiary/aromatic N) is 6. The van der Waals surface area contributed by atoms with E-state index in [9.17, 15) is 24.1 Å². The fourth-order valence-electron chi connectivity index (χ4n) is 10.8. The second-order valence-corrected chi connectivity index (χ2v) is 19.2. The lowest BCUT2D eigenvalue weighted by molar-refractivity contribution is -0.137. The highest BCUT2D eigenvalue weighted by Gasteiger charge is 2.67. The van der Waals surface area contributed by atoms with E-state index in [2.05, 4.69) is 54.6 Å². The van der Waals surface area contributed by atoms with Crippen molar-refractivity contribution in [1.82, 2.24) is 44.9 Å². The number of aromatic amines is 2. The van der Waals surface area contributed by atoms with E-state index in [0.29, 0.717) is 30.5 Å². The minimum atomic E-state index is -0.737. The van der Waals surface area contributed by atoms with Gasteiger partial charge < -0.3 is 49.2 Å². The molecule has 18 nitrogen and oxygen atoms in total. The molecule has 2 unspecified atom stereocenters. The number of ether oxygens (including phenoxy) is 3. The van der Waals surface area contributed by atoms with Crippen molar-refractivity contribution in [2.75, 3.05) is 27.3 Å². The summed E-state index contributed by atoms with van der Waals surface area (Å²) in [6.45, 7) is 8.75. The molecule has 3 aromatic heterocycles. The first-order chi connectivity index (χ1) is 33.3. The Balaban J connectivity index is 0.966. The molecule has 3 aromatic carbocycles. The number of hydrogen-bond acceptors (Lipinski definition) is 11. The Hall–Kier alpha value is -7.50. The zero-order valence-electron chi connectivity index (χ0n) is 39.4. The minimum Gasteiger partial charge on any atom is -0.465 e. The number of alkyl carbamates (subject to hydrolysis) is 2. The summed E-state index contributed by atoms with van der Waals surface area (Å²) in [5.41, 5.74) is 7.14. The van der Waals surface area contributed by atoms with Crippen LogP contribution in [0.25, 0.3) is 44.7 Å². The second kappa shape index (κ2) is 17.9. The number of imidazole rings is 2. The van der Waals surface area contributed by atoms with Gasteiger partial charge in [0.25, 0.3) is 0 Å². The SMILES string of the molecule is COC(=O)N[C@H](C(=O)N1CCC[C@H]1c1ncc(-c2ccc3c(c2)cc2n3C(c3cccc(CN=O)c3)Oc3cc(-c4cnc([C@]56CC5CCN6C(=O)[C@@H](NC(=O)OC)C(C)C)[nH]4)ccc3-2)[nH]1)C(C)C. The van der Waals surface area contributed by atoms with E-state index < -0.39 is 36.0 Å². The van der Waals surface area contributed by atoms with Crippen LogP contribution in [0, 0.1) is 22.7 Å². The first-order valence-electron chi connectivity index (χ1n) is 23.6. The lowest BCUT2D eigenvalue weighted by Gasteiger charge is -2.32. The molecular weight excluding hydrogens is 881 g/mol. The molecule has 4 N–H and O–H groups in total. The van der Waals surface area contributed by atoms with Crippen molar-refractivity contribution in [3.63, 3.8) is 0 Å². The summed E-state index contributed by atoms with van der Waals surface area (Å²) < 4.78 is 18.8. The van der Waals surface area contributed by atoms with Crippen LogP contribution in [0.4, 0.5) is 9.59 Å². The van der Waals surface area contributed by atoms with Crippen molar-refractivity contribution < 1.29 is 33.4 Å². The monoisotopic (exact) mass is 936 g/mol. The van der Waals surface area contributed by atoms with E-state index >= 15 is 0 Å².